The Balaban J connectivity index is 2.34. The Bertz CT molecular complexity index is 196. The zero-order chi connectivity index (χ0) is 11.1. The van der Waals surface area contributed by atoms with Crippen LogP contribution >= 0.6 is 0 Å². The van der Waals surface area contributed by atoms with Crippen molar-refractivity contribution in [1.29, 1.82) is 0 Å². The van der Waals surface area contributed by atoms with Crippen molar-refractivity contribution in [3.8, 4) is 0 Å². The number of carbonyl (C=O) groups is 1. The molecule has 0 saturated carbocycles. The molecular formula is C11H21NO3. The van der Waals surface area contributed by atoms with Crippen molar-refractivity contribution in [2.75, 3.05) is 26.4 Å². The van der Waals surface area contributed by atoms with E-state index in [1.54, 1.807) is 0 Å². The van der Waals surface area contributed by atoms with Crippen molar-refractivity contribution < 1.29 is 14.6 Å². The van der Waals surface area contributed by atoms with Gasteiger partial charge in [0.25, 0.3) is 0 Å². The van der Waals surface area contributed by atoms with Crippen LogP contribution in [0.2, 0.25) is 0 Å². The summed E-state index contributed by atoms with van der Waals surface area (Å²) in [6.45, 7) is 4.29. The Morgan fingerprint density at radius 1 is 1.53 bits per heavy atom. The summed E-state index contributed by atoms with van der Waals surface area (Å²) in [6, 6.07) is 0.250. The third kappa shape index (κ3) is 3.80. The van der Waals surface area contributed by atoms with Crippen LogP contribution in [-0.4, -0.2) is 48.3 Å². The molecule has 0 aromatic heterocycles. The summed E-state index contributed by atoms with van der Waals surface area (Å²) < 4.78 is 5.35. The number of hydrogen-bond acceptors (Lipinski definition) is 3. The minimum absolute atomic E-state index is 0.174. The zero-order valence-corrected chi connectivity index (χ0v) is 9.45. The van der Waals surface area contributed by atoms with E-state index in [2.05, 4.69) is 6.92 Å². The summed E-state index contributed by atoms with van der Waals surface area (Å²) in [5, 5.41) is 8.64. The Morgan fingerprint density at radius 3 is 3.00 bits per heavy atom. The van der Waals surface area contributed by atoms with Gasteiger partial charge in [0.05, 0.1) is 19.3 Å². The highest BCUT2D eigenvalue weighted by atomic mass is 16.5. The van der Waals surface area contributed by atoms with E-state index in [0.717, 1.165) is 19.4 Å². The summed E-state index contributed by atoms with van der Waals surface area (Å²) in [4.78, 5) is 13.8. The van der Waals surface area contributed by atoms with Crippen LogP contribution < -0.4 is 0 Å². The third-order valence-electron chi connectivity index (χ3n) is 2.82. The molecular weight excluding hydrogens is 194 g/mol. The van der Waals surface area contributed by atoms with Gasteiger partial charge in [-0.25, -0.2) is 0 Å². The molecule has 1 fully saturated rings. The van der Waals surface area contributed by atoms with Gasteiger partial charge in [-0.15, -0.1) is 0 Å². The average Bonchev–Trinajstić information content (AvgIpc) is 2.29. The lowest BCUT2D eigenvalue weighted by Crippen LogP contribution is -2.48. The summed E-state index contributed by atoms with van der Waals surface area (Å²) >= 11 is 0. The fraction of sp³-hybridized carbons (Fsp3) is 0.909. The van der Waals surface area contributed by atoms with Gasteiger partial charge >= 0.3 is 0 Å². The van der Waals surface area contributed by atoms with Gasteiger partial charge in [0, 0.05) is 19.6 Å². The van der Waals surface area contributed by atoms with Crippen molar-refractivity contribution in [2.24, 2.45) is 0 Å². The molecule has 1 amide bonds. The number of amides is 1. The molecule has 1 aliphatic rings. The van der Waals surface area contributed by atoms with Crippen LogP contribution in [0.4, 0.5) is 0 Å². The first-order chi connectivity index (χ1) is 7.29. The molecule has 1 aliphatic heterocycles. The number of aliphatic hydroxyl groups excluding tert-OH is 1. The lowest BCUT2D eigenvalue weighted by molar-refractivity contribution is -0.140. The molecule has 1 unspecified atom stereocenters. The minimum atomic E-state index is 0.174. The maximum absolute atomic E-state index is 11.8. The third-order valence-corrected chi connectivity index (χ3v) is 2.82. The summed E-state index contributed by atoms with van der Waals surface area (Å²) in [7, 11) is 0. The van der Waals surface area contributed by atoms with Crippen LogP contribution in [0.3, 0.4) is 0 Å². The van der Waals surface area contributed by atoms with Gasteiger partial charge < -0.3 is 14.7 Å². The highest BCUT2D eigenvalue weighted by Gasteiger charge is 2.24. The van der Waals surface area contributed by atoms with Gasteiger partial charge in [-0.2, -0.15) is 0 Å². The number of rotatable bonds is 5. The zero-order valence-electron chi connectivity index (χ0n) is 9.45. The Labute approximate surface area is 91.2 Å². The van der Waals surface area contributed by atoms with Crippen molar-refractivity contribution in [2.45, 2.75) is 38.6 Å². The van der Waals surface area contributed by atoms with Gasteiger partial charge in [0.1, 0.15) is 0 Å². The second-order valence-electron chi connectivity index (χ2n) is 3.90. The number of carbonyl (C=O) groups excluding carboxylic acids is 1. The van der Waals surface area contributed by atoms with E-state index in [-0.39, 0.29) is 18.6 Å². The topological polar surface area (TPSA) is 49.8 Å². The maximum atomic E-state index is 11.8. The van der Waals surface area contributed by atoms with Crippen LogP contribution in [-0.2, 0) is 9.53 Å². The highest BCUT2D eigenvalue weighted by molar-refractivity contribution is 5.76. The molecule has 1 heterocycles. The van der Waals surface area contributed by atoms with Gasteiger partial charge in [0.2, 0.25) is 5.91 Å². The van der Waals surface area contributed by atoms with Crippen molar-refractivity contribution in [1.82, 2.24) is 4.90 Å². The average molecular weight is 215 g/mol. The minimum Gasteiger partial charge on any atom is -0.396 e. The molecule has 0 bridgehead atoms. The second-order valence-corrected chi connectivity index (χ2v) is 3.90. The van der Waals surface area contributed by atoms with Crippen LogP contribution in [0.25, 0.3) is 0 Å². The molecule has 4 heteroatoms. The van der Waals surface area contributed by atoms with Gasteiger partial charge in [-0.05, 0) is 19.3 Å². The number of unbranched alkanes of at least 4 members (excludes halogenated alkanes) is 1. The monoisotopic (exact) mass is 215 g/mol. The van der Waals surface area contributed by atoms with E-state index in [4.69, 9.17) is 9.84 Å². The number of ether oxygens (including phenoxy) is 1. The first kappa shape index (κ1) is 12.5. The standard InChI is InChI=1S/C11H21NO3/c1-2-10-9-15-8-6-12(10)11(14)5-3-4-7-13/h10,13H,2-9H2,1H3. The molecule has 15 heavy (non-hydrogen) atoms. The largest absolute Gasteiger partial charge is 0.396 e. The molecule has 4 nitrogen and oxygen atoms in total. The Kier molecular flexibility index (Phi) is 5.65. The fourth-order valence-corrected chi connectivity index (χ4v) is 1.85. The molecule has 1 rings (SSSR count). The van der Waals surface area contributed by atoms with E-state index in [1.165, 1.54) is 0 Å². The molecule has 0 radical (unpaired) electrons. The van der Waals surface area contributed by atoms with Gasteiger partial charge in [0.15, 0.2) is 0 Å². The second kappa shape index (κ2) is 6.80. The molecule has 0 aromatic rings. The summed E-state index contributed by atoms with van der Waals surface area (Å²) in [5.74, 6) is 0.207. The van der Waals surface area contributed by atoms with Crippen LogP contribution in [0.1, 0.15) is 32.6 Å². The van der Waals surface area contributed by atoms with Gasteiger partial charge in [-0.3, -0.25) is 4.79 Å². The first-order valence-electron chi connectivity index (χ1n) is 5.77. The van der Waals surface area contributed by atoms with E-state index in [9.17, 15) is 4.79 Å². The van der Waals surface area contributed by atoms with Crippen molar-refractivity contribution in [3.05, 3.63) is 0 Å². The Morgan fingerprint density at radius 2 is 2.33 bits per heavy atom. The highest BCUT2D eigenvalue weighted by Crippen LogP contribution is 2.12. The van der Waals surface area contributed by atoms with Crippen molar-refractivity contribution >= 4 is 5.91 Å². The lowest BCUT2D eigenvalue weighted by atomic mass is 10.1. The molecule has 0 spiro atoms. The predicted octanol–water partition coefficient (Wildman–Crippen LogP) is 0.786. The molecule has 1 saturated heterocycles. The molecule has 0 aliphatic carbocycles. The summed E-state index contributed by atoms with van der Waals surface area (Å²) in [5.41, 5.74) is 0. The summed E-state index contributed by atoms with van der Waals surface area (Å²) in [6.07, 6.45) is 3.00. The first-order valence-corrected chi connectivity index (χ1v) is 5.77. The van der Waals surface area contributed by atoms with E-state index in [1.807, 2.05) is 4.90 Å². The van der Waals surface area contributed by atoms with E-state index in [0.29, 0.717) is 26.1 Å². The number of morpholine rings is 1. The SMILES string of the molecule is CCC1COCCN1C(=O)CCCCO. The fourth-order valence-electron chi connectivity index (χ4n) is 1.85. The predicted molar refractivity (Wildman–Crippen MR) is 57.5 cm³/mol. The smallest absolute Gasteiger partial charge is 0.222 e. The van der Waals surface area contributed by atoms with Crippen LogP contribution in [0, 0.1) is 0 Å². The number of nitrogens with zero attached hydrogens (tertiary/aromatic N) is 1. The number of aliphatic hydroxyl groups is 1. The van der Waals surface area contributed by atoms with E-state index >= 15 is 0 Å². The molecule has 0 aromatic carbocycles. The number of hydrogen-bond donors (Lipinski definition) is 1. The van der Waals surface area contributed by atoms with E-state index < -0.39 is 0 Å². The lowest BCUT2D eigenvalue weighted by Gasteiger charge is -2.35. The normalized spacial score (nSPS) is 21.7. The van der Waals surface area contributed by atoms with Crippen LogP contribution in [0.5, 0.6) is 0 Å². The maximum Gasteiger partial charge on any atom is 0.222 e. The molecule has 88 valence electrons. The van der Waals surface area contributed by atoms with Gasteiger partial charge in [-0.1, -0.05) is 6.92 Å². The van der Waals surface area contributed by atoms with Crippen molar-refractivity contribution in [3.63, 3.8) is 0 Å². The molecule has 1 atom stereocenters. The quantitative estimate of drug-likeness (QED) is 0.690. The van der Waals surface area contributed by atoms with Crippen LogP contribution in [0.15, 0.2) is 0 Å². The Hall–Kier alpha value is -0.610. The molecule has 1 N–H and O–H groups in total.